The van der Waals surface area contributed by atoms with Gasteiger partial charge in [-0.1, -0.05) is 18.2 Å². The maximum absolute atomic E-state index is 13.6. The highest BCUT2D eigenvalue weighted by molar-refractivity contribution is 7.84. The second-order valence-electron chi connectivity index (χ2n) is 4.90. The molecule has 102 valence electrons. The fourth-order valence-corrected chi connectivity index (χ4v) is 2.93. The SMILES string of the molecule is C[C@H](Cc1ccccc1F)N(C)[C@H](C)C[S@](C)=O. The van der Waals surface area contributed by atoms with E-state index in [9.17, 15) is 8.60 Å². The molecule has 0 fully saturated rings. The maximum atomic E-state index is 13.6. The Morgan fingerprint density at radius 2 is 1.89 bits per heavy atom. The lowest BCUT2D eigenvalue weighted by Gasteiger charge is -2.30. The minimum atomic E-state index is -0.799. The summed E-state index contributed by atoms with van der Waals surface area (Å²) in [5.74, 6) is 0.502. The standard InChI is InChI=1S/C14H22FNOS/c1-11(16(3)12(2)10-18(4)17)9-13-7-5-6-8-14(13)15/h5-8,11-12H,9-10H2,1-4H3/t11-,12-,18+/m1/s1. The van der Waals surface area contributed by atoms with E-state index in [0.717, 1.165) is 5.56 Å². The summed E-state index contributed by atoms with van der Waals surface area (Å²) in [5, 5.41) is 0. The summed E-state index contributed by atoms with van der Waals surface area (Å²) in [6.07, 6.45) is 2.38. The zero-order chi connectivity index (χ0) is 13.7. The van der Waals surface area contributed by atoms with Gasteiger partial charge in [0.15, 0.2) is 0 Å². The zero-order valence-corrected chi connectivity index (χ0v) is 12.3. The number of likely N-dealkylation sites (N-methyl/N-ethyl adjacent to an activating group) is 1. The first-order valence-corrected chi connectivity index (χ1v) is 7.90. The Morgan fingerprint density at radius 3 is 2.44 bits per heavy atom. The minimum Gasteiger partial charge on any atom is -0.300 e. The molecule has 0 unspecified atom stereocenters. The van der Waals surface area contributed by atoms with Crippen LogP contribution in [0.5, 0.6) is 0 Å². The predicted molar refractivity (Wildman–Crippen MR) is 75.7 cm³/mol. The van der Waals surface area contributed by atoms with Crippen molar-refractivity contribution in [3.05, 3.63) is 35.6 Å². The molecule has 3 atom stereocenters. The van der Waals surface area contributed by atoms with E-state index in [1.807, 2.05) is 19.2 Å². The molecule has 0 aromatic heterocycles. The number of hydrogen-bond acceptors (Lipinski definition) is 2. The van der Waals surface area contributed by atoms with Gasteiger partial charge in [0, 0.05) is 34.9 Å². The molecule has 0 aliphatic heterocycles. The van der Waals surface area contributed by atoms with E-state index in [2.05, 4.69) is 18.7 Å². The van der Waals surface area contributed by atoms with Gasteiger partial charge < -0.3 is 0 Å². The Kier molecular flexibility index (Phi) is 5.96. The molecular weight excluding hydrogens is 249 g/mol. The average Bonchev–Trinajstić information content (AvgIpc) is 2.30. The van der Waals surface area contributed by atoms with Crippen LogP contribution in [0.4, 0.5) is 4.39 Å². The zero-order valence-electron chi connectivity index (χ0n) is 11.5. The number of halogens is 1. The summed E-state index contributed by atoms with van der Waals surface area (Å²) in [7, 11) is 1.20. The molecule has 0 N–H and O–H groups in total. The molecule has 1 aromatic carbocycles. The van der Waals surface area contributed by atoms with Crippen LogP contribution in [0, 0.1) is 5.82 Å². The molecule has 18 heavy (non-hydrogen) atoms. The van der Waals surface area contributed by atoms with Crippen molar-refractivity contribution in [1.29, 1.82) is 0 Å². The minimum absolute atomic E-state index is 0.149. The van der Waals surface area contributed by atoms with Gasteiger partial charge in [-0.25, -0.2) is 4.39 Å². The van der Waals surface area contributed by atoms with Crippen molar-refractivity contribution < 1.29 is 8.60 Å². The van der Waals surface area contributed by atoms with Crippen molar-refractivity contribution in [2.24, 2.45) is 0 Å². The summed E-state index contributed by atoms with van der Waals surface area (Å²) in [6, 6.07) is 7.33. The number of nitrogens with zero attached hydrogens (tertiary/aromatic N) is 1. The second-order valence-corrected chi connectivity index (χ2v) is 6.38. The van der Waals surface area contributed by atoms with Gasteiger partial charge in [-0.3, -0.25) is 9.11 Å². The lowest BCUT2D eigenvalue weighted by molar-refractivity contribution is 0.208. The van der Waals surface area contributed by atoms with Crippen molar-refractivity contribution in [1.82, 2.24) is 4.90 Å². The maximum Gasteiger partial charge on any atom is 0.126 e. The van der Waals surface area contributed by atoms with Crippen LogP contribution in [0.15, 0.2) is 24.3 Å². The normalized spacial score (nSPS) is 16.6. The third kappa shape index (κ3) is 4.50. The monoisotopic (exact) mass is 271 g/mol. The molecule has 0 spiro atoms. The third-order valence-corrected chi connectivity index (χ3v) is 4.29. The summed E-state index contributed by atoms with van der Waals surface area (Å²) < 4.78 is 24.8. The summed E-state index contributed by atoms with van der Waals surface area (Å²) >= 11 is 0. The molecule has 0 saturated carbocycles. The van der Waals surface area contributed by atoms with E-state index in [1.54, 1.807) is 12.3 Å². The predicted octanol–water partition coefficient (Wildman–Crippen LogP) is 2.46. The molecule has 0 bridgehead atoms. The summed E-state index contributed by atoms with van der Waals surface area (Å²) in [4.78, 5) is 2.16. The number of hydrogen-bond donors (Lipinski definition) is 0. The van der Waals surface area contributed by atoms with Gasteiger partial charge in [-0.15, -0.1) is 0 Å². The van der Waals surface area contributed by atoms with Crippen LogP contribution in [0.2, 0.25) is 0 Å². The molecule has 0 amide bonds. The Morgan fingerprint density at radius 1 is 1.28 bits per heavy atom. The molecule has 0 aliphatic carbocycles. The largest absolute Gasteiger partial charge is 0.300 e. The van der Waals surface area contributed by atoms with Crippen molar-refractivity contribution in [3.8, 4) is 0 Å². The van der Waals surface area contributed by atoms with Crippen molar-refractivity contribution in [2.45, 2.75) is 32.4 Å². The van der Waals surface area contributed by atoms with E-state index in [1.165, 1.54) is 6.07 Å². The fourth-order valence-electron chi connectivity index (χ4n) is 2.02. The van der Waals surface area contributed by atoms with Gasteiger partial charge in [0.2, 0.25) is 0 Å². The van der Waals surface area contributed by atoms with E-state index in [-0.39, 0.29) is 17.9 Å². The molecule has 0 aliphatic rings. The highest BCUT2D eigenvalue weighted by atomic mass is 32.2. The van der Waals surface area contributed by atoms with Crippen LogP contribution in [-0.4, -0.2) is 40.2 Å². The van der Waals surface area contributed by atoms with Crippen LogP contribution in [0.25, 0.3) is 0 Å². The molecule has 1 rings (SSSR count). The van der Waals surface area contributed by atoms with Crippen LogP contribution in [-0.2, 0) is 17.2 Å². The van der Waals surface area contributed by atoms with Crippen molar-refractivity contribution in [3.63, 3.8) is 0 Å². The smallest absolute Gasteiger partial charge is 0.126 e. The van der Waals surface area contributed by atoms with Crippen molar-refractivity contribution in [2.75, 3.05) is 19.1 Å². The summed E-state index contributed by atoms with van der Waals surface area (Å²) in [5.41, 5.74) is 0.738. The first-order valence-electron chi connectivity index (χ1n) is 6.17. The van der Waals surface area contributed by atoms with E-state index in [4.69, 9.17) is 0 Å². The van der Waals surface area contributed by atoms with E-state index in [0.29, 0.717) is 12.2 Å². The molecule has 0 heterocycles. The van der Waals surface area contributed by atoms with Gasteiger partial charge >= 0.3 is 0 Å². The quantitative estimate of drug-likeness (QED) is 0.792. The summed E-state index contributed by atoms with van der Waals surface area (Å²) in [6.45, 7) is 4.13. The topological polar surface area (TPSA) is 20.3 Å². The van der Waals surface area contributed by atoms with Crippen LogP contribution in [0.3, 0.4) is 0 Å². The van der Waals surface area contributed by atoms with Gasteiger partial charge in [-0.05, 0) is 38.9 Å². The van der Waals surface area contributed by atoms with Crippen molar-refractivity contribution >= 4 is 10.8 Å². The molecule has 2 nitrogen and oxygen atoms in total. The Hall–Kier alpha value is -0.740. The van der Waals surface area contributed by atoms with E-state index >= 15 is 0 Å². The molecule has 0 radical (unpaired) electrons. The van der Waals surface area contributed by atoms with E-state index < -0.39 is 10.8 Å². The Bertz CT molecular complexity index is 411. The first kappa shape index (κ1) is 15.3. The molecule has 4 heteroatoms. The Labute approximate surface area is 112 Å². The first-order chi connectivity index (χ1) is 8.41. The lowest BCUT2D eigenvalue weighted by atomic mass is 10.0. The Balaban J connectivity index is 2.62. The highest BCUT2D eigenvalue weighted by Crippen LogP contribution is 2.13. The number of benzene rings is 1. The number of rotatable bonds is 6. The van der Waals surface area contributed by atoms with Gasteiger partial charge in [0.1, 0.15) is 5.82 Å². The molecule has 0 saturated heterocycles. The second kappa shape index (κ2) is 7.00. The van der Waals surface area contributed by atoms with Crippen LogP contribution < -0.4 is 0 Å². The van der Waals surface area contributed by atoms with Gasteiger partial charge in [0.05, 0.1) is 0 Å². The van der Waals surface area contributed by atoms with Crippen LogP contribution >= 0.6 is 0 Å². The highest BCUT2D eigenvalue weighted by Gasteiger charge is 2.18. The van der Waals surface area contributed by atoms with Gasteiger partial charge in [-0.2, -0.15) is 0 Å². The van der Waals surface area contributed by atoms with Crippen LogP contribution in [0.1, 0.15) is 19.4 Å². The average molecular weight is 271 g/mol. The lowest BCUT2D eigenvalue weighted by Crippen LogP contribution is -2.41. The van der Waals surface area contributed by atoms with Gasteiger partial charge in [0.25, 0.3) is 0 Å². The molecular formula is C14H22FNOS. The molecule has 1 aromatic rings. The fraction of sp³-hybridized carbons (Fsp3) is 0.571. The third-order valence-electron chi connectivity index (χ3n) is 3.34.